The minimum Gasteiger partial charge on any atom is -0.344 e. The van der Waals surface area contributed by atoms with E-state index in [0.29, 0.717) is 0 Å². The van der Waals surface area contributed by atoms with Gasteiger partial charge >= 0.3 is 0 Å². The van der Waals surface area contributed by atoms with Gasteiger partial charge in [0.1, 0.15) is 0 Å². The normalized spacial score (nSPS) is 18.2. The summed E-state index contributed by atoms with van der Waals surface area (Å²) >= 11 is 0. The quantitative estimate of drug-likeness (QED) is 0.468. The first kappa shape index (κ1) is 18.8. The molecule has 1 heterocycles. The minimum atomic E-state index is 0.816. The molecule has 0 atom stereocenters. The third kappa shape index (κ3) is 4.30. The average molecular weight is 376 g/mol. The van der Waals surface area contributed by atoms with Crippen LogP contribution >= 0.6 is 0 Å². The van der Waals surface area contributed by atoms with Crippen molar-refractivity contribution in [3.05, 3.63) is 133 Å². The van der Waals surface area contributed by atoms with Gasteiger partial charge in [0.25, 0.3) is 0 Å². The number of allylic oxidation sites excluding steroid dienone is 5. The second-order valence-corrected chi connectivity index (χ2v) is 7.25. The molecule has 0 saturated carbocycles. The minimum absolute atomic E-state index is 0.816. The molecule has 29 heavy (non-hydrogen) atoms. The largest absolute Gasteiger partial charge is 0.344 e. The smallest absolute Gasteiger partial charge is 0.0409 e. The molecule has 1 heteroatoms. The molecule has 142 valence electrons. The van der Waals surface area contributed by atoms with E-state index in [1.54, 1.807) is 0 Å². The van der Waals surface area contributed by atoms with E-state index >= 15 is 0 Å². The van der Waals surface area contributed by atoms with Crippen molar-refractivity contribution in [1.29, 1.82) is 0 Å². The molecule has 0 spiro atoms. The molecule has 0 N–H and O–H groups in total. The molecular formula is C28H25N. The fourth-order valence-electron chi connectivity index (χ4n) is 3.60. The van der Waals surface area contributed by atoms with Crippen LogP contribution in [-0.2, 0) is 0 Å². The van der Waals surface area contributed by atoms with Crippen molar-refractivity contribution in [1.82, 2.24) is 0 Å². The van der Waals surface area contributed by atoms with E-state index < -0.39 is 0 Å². The van der Waals surface area contributed by atoms with Gasteiger partial charge in [-0.25, -0.2) is 0 Å². The van der Waals surface area contributed by atoms with E-state index in [-0.39, 0.29) is 0 Å². The van der Waals surface area contributed by atoms with Crippen LogP contribution in [0.4, 0.5) is 5.69 Å². The second kappa shape index (κ2) is 8.62. The van der Waals surface area contributed by atoms with E-state index in [1.807, 2.05) is 6.07 Å². The summed E-state index contributed by atoms with van der Waals surface area (Å²) in [5.41, 5.74) is 8.23. The predicted octanol–water partition coefficient (Wildman–Crippen LogP) is 7.19. The molecule has 0 fully saturated rings. The summed E-state index contributed by atoms with van der Waals surface area (Å²) in [5.74, 6) is 0. The van der Waals surface area contributed by atoms with Gasteiger partial charge in [0.15, 0.2) is 0 Å². The van der Waals surface area contributed by atoms with Gasteiger partial charge in [-0.2, -0.15) is 0 Å². The van der Waals surface area contributed by atoms with Gasteiger partial charge in [0, 0.05) is 18.4 Å². The number of nitrogens with zero attached hydrogens (tertiary/aromatic N) is 1. The highest BCUT2D eigenvalue weighted by Gasteiger charge is 2.12. The lowest BCUT2D eigenvalue weighted by atomic mass is 9.89. The lowest BCUT2D eigenvalue weighted by Gasteiger charge is -2.19. The highest BCUT2D eigenvalue weighted by Crippen LogP contribution is 2.34. The van der Waals surface area contributed by atoms with E-state index in [0.717, 1.165) is 17.7 Å². The van der Waals surface area contributed by atoms with Crippen LogP contribution in [0.2, 0.25) is 0 Å². The molecule has 0 bridgehead atoms. The van der Waals surface area contributed by atoms with Crippen LogP contribution in [0.25, 0.3) is 16.7 Å². The summed E-state index contributed by atoms with van der Waals surface area (Å²) in [6.45, 7) is 7.34. The van der Waals surface area contributed by atoms with Crippen LogP contribution in [0.15, 0.2) is 122 Å². The Balaban J connectivity index is 1.74. The fraction of sp³-hybridized carbons (Fsp3) is 0.0714. The third-order valence-electron chi connectivity index (χ3n) is 5.14. The predicted molar refractivity (Wildman–Crippen MR) is 126 cm³/mol. The zero-order valence-corrected chi connectivity index (χ0v) is 16.8. The first-order valence-corrected chi connectivity index (χ1v) is 9.95. The maximum absolute atomic E-state index is 4.38. The molecule has 1 nitrogen and oxygen atoms in total. The summed E-state index contributed by atoms with van der Waals surface area (Å²) in [6, 6.07) is 27.6. The zero-order chi connectivity index (χ0) is 20.1. The highest BCUT2D eigenvalue weighted by atomic mass is 15.1. The summed E-state index contributed by atoms with van der Waals surface area (Å²) in [7, 11) is 0. The van der Waals surface area contributed by atoms with Gasteiger partial charge in [-0.1, -0.05) is 97.1 Å². The van der Waals surface area contributed by atoms with E-state index in [9.17, 15) is 0 Å². The zero-order valence-electron chi connectivity index (χ0n) is 16.8. The van der Waals surface area contributed by atoms with Crippen molar-refractivity contribution >= 4 is 11.3 Å². The molecule has 1 aliphatic rings. The number of hydrogen-bond acceptors (Lipinski definition) is 1. The molecular weight excluding hydrogens is 350 g/mol. The summed E-state index contributed by atoms with van der Waals surface area (Å²) in [6.07, 6.45) is 10.7. The Morgan fingerprint density at radius 3 is 2.31 bits per heavy atom. The van der Waals surface area contributed by atoms with Crippen molar-refractivity contribution in [3.63, 3.8) is 0 Å². The molecule has 3 aromatic rings. The maximum Gasteiger partial charge on any atom is 0.0409 e. The van der Waals surface area contributed by atoms with Gasteiger partial charge in [0.2, 0.25) is 0 Å². The average Bonchev–Trinajstić information content (AvgIpc) is 2.86. The molecule has 0 amide bonds. The fourth-order valence-corrected chi connectivity index (χ4v) is 3.60. The highest BCUT2D eigenvalue weighted by molar-refractivity contribution is 5.90. The van der Waals surface area contributed by atoms with Crippen molar-refractivity contribution in [2.75, 3.05) is 11.4 Å². The van der Waals surface area contributed by atoms with Crippen molar-refractivity contribution in [3.8, 4) is 11.1 Å². The Hall–Kier alpha value is -3.58. The van der Waals surface area contributed by atoms with Gasteiger partial charge in [-0.3, -0.25) is 0 Å². The molecule has 1 aliphatic heterocycles. The van der Waals surface area contributed by atoms with E-state index in [4.69, 9.17) is 0 Å². The lowest BCUT2D eigenvalue weighted by Crippen LogP contribution is -2.15. The van der Waals surface area contributed by atoms with Gasteiger partial charge in [-0.05, 0) is 53.0 Å². The topological polar surface area (TPSA) is 3.24 Å². The third-order valence-corrected chi connectivity index (χ3v) is 5.14. The van der Waals surface area contributed by atoms with Crippen molar-refractivity contribution < 1.29 is 0 Å². The summed E-state index contributed by atoms with van der Waals surface area (Å²) in [5, 5.41) is 0. The van der Waals surface area contributed by atoms with Gasteiger partial charge < -0.3 is 4.90 Å². The summed E-state index contributed by atoms with van der Waals surface area (Å²) in [4.78, 5) is 2.23. The number of anilines is 1. The molecule has 4 rings (SSSR count). The van der Waals surface area contributed by atoms with Crippen LogP contribution < -0.4 is 4.90 Å². The Morgan fingerprint density at radius 2 is 1.55 bits per heavy atom. The molecule has 3 aromatic carbocycles. The Bertz CT molecular complexity index is 1090. The summed E-state index contributed by atoms with van der Waals surface area (Å²) < 4.78 is 0. The van der Waals surface area contributed by atoms with Crippen LogP contribution in [-0.4, -0.2) is 6.54 Å². The van der Waals surface area contributed by atoms with Gasteiger partial charge in [0.05, 0.1) is 0 Å². The van der Waals surface area contributed by atoms with Crippen molar-refractivity contribution in [2.45, 2.75) is 6.92 Å². The number of benzene rings is 3. The number of rotatable bonds is 3. The number of para-hydroxylation sites is 1. The first-order chi connectivity index (χ1) is 14.2. The van der Waals surface area contributed by atoms with Crippen LogP contribution in [0.1, 0.15) is 11.1 Å². The van der Waals surface area contributed by atoms with Crippen molar-refractivity contribution in [2.24, 2.45) is 0 Å². The Kier molecular flexibility index (Phi) is 5.58. The Labute approximate surface area is 173 Å². The Morgan fingerprint density at radius 1 is 0.828 bits per heavy atom. The molecule has 0 radical (unpaired) electrons. The molecule has 0 saturated heterocycles. The monoisotopic (exact) mass is 375 g/mol. The molecule has 0 aliphatic carbocycles. The van der Waals surface area contributed by atoms with Gasteiger partial charge in [-0.15, -0.1) is 0 Å². The first-order valence-electron chi connectivity index (χ1n) is 9.95. The molecule has 0 aromatic heterocycles. The van der Waals surface area contributed by atoms with E-state index in [1.165, 1.54) is 27.9 Å². The maximum atomic E-state index is 4.38. The van der Waals surface area contributed by atoms with E-state index in [2.05, 4.69) is 122 Å². The second-order valence-electron chi connectivity index (χ2n) is 7.25. The lowest BCUT2D eigenvalue weighted by molar-refractivity contribution is 1.09. The standard InChI is InChI=1S/C28H25N/c1-22-16-17-27(28(21-22)24-11-5-3-6-12-24)26-15-9-10-19-29(20-18-23(26)2)25-13-7-4-8-14-25/h3-18,20-21H,2,19H2,1H3/b10-9-,20-18-,26-15+. The van der Waals surface area contributed by atoms with Crippen LogP contribution in [0, 0.1) is 6.92 Å². The molecule has 0 unspecified atom stereocenters. The number of aryl methyl sites for hydroxylation is 1. The SMILES string of the molecule is C=C1/C=C\N(c2ccccc2)C/C=C\C=C/1c1ccc(C)cc1-c1ccccc1. The van der Waals surface area contributed by atoms with Crippen LogP contribution in [0.5, 0.6) is 0 Å². The van der Waals surface area contributed by atoms with Crippen LogP contribution in [0.3, 0.4) is 0 Å². The number of hydrogen-bond donors (Lipinski definition) is 0.